The number of piperazine rings is 1. The number of amides is 1. The summed E-state index contributed by atoms with van der Waals surface area (Å²) >= 11 is 0. The standard InChI is InChI=1S/C19H22FN3O3S/c20-16-8-4-5-9-18(16)27(25,26)22-17(14-15-6-2-1-3-7-15)19(24)23-12-10-21-11-13-23/h1-9,17,21-22H,10-14H2. The van der Waals surface area contributed by atoms with Crippen molar-refractivity contribution in [1.82, 2.24) is 14.9 Å². The summed E-state index contributed by atoms with van der Waals surface area (Å²) in [6, 6.07) is 13.3. The van der Waals surface area contributed by atoms with Gasteiger partial charge in [-0.3, -0.25) is 4.79 Å². The highest BCUT2D eigenvalue weighted by molar-refractivity contribution is 7.89. The highest BCUT2D eigenvalue weighted by Crippen LogP contribution is 2.16. The van der Waals surface area contributed by atoms with Crippen LogP contribution in [0.3, 0.4) is 0 Å². The van der Waals surface area contributed by atoms with Crippen molar-refractivity contribution < 1.29 is 17.6 Å². The summed E-state index contributed by atoms with van der Waals surface area (Å²) in [5.41, 5.74) is 0.821. The molecule has 27 heavy (non-hydrogen) atoms. The van der Waals surface area contributed by atoms with Crippen molar-refractivity contribution in [3.63, 3.8) is 0 Å². The topological polar surface area (TPSA) is 78.5 Å². The van der Waals surface area contributed by atoms with Gasteiger partial charge in [-0.1, -0.05) is 42.5 Å². The van der Waals surface area contributed by atoms with E-state index in [4.69, 9.17) is 0 Å². The molecule has 0 aromatic heterocycles. The summed E-state index contributed by atoms with van der Waals surface area (Å²) in [6.45, 7) is 2.32. The van der Waals surface area contributed by atoms with E-state index in [0.29, 0.717) is 26.2 Å². The van der Waals surface area contributed by atoms with Crippen LogP contribution in [0, 0.1) is 5.82 Å². The lowest BCUT2D eigenvalue weighted by atomic mass is 10.1. The highest BCUT2D eigenvalue weighted by atomic mass is 32.2. The first-order valence-electron chi connectivity index (χ1n) is 8.78. The summed E-state index contributed by atoms with van der Waals surface area (Å²) in [4.78, 5) is 14.1. The maximum Gasteiger partial charge on any atom is 0.244 e. The SMILES string of the molecule is O=C(C(Cc1ccccc1)NS(=O)(=O)c1ccccc1F)N1CCNCC1. The molecule has 1 saturated heterocycles. The molecular weight excluding hydrogens is 369 g/mol. The second kappa shape index (κ2) is 8.60. The third kappa shape index (κ3) is 4.91. The van der Waals surface area contributed by atoms with E-state index in [1.807, 2.05) is 30.3 Å². The lowest BCUT2D eigenvalue weighted by molar-refractivity contribution is -0.133. The third-order valence-electron chi connectivity index (χ3n) is 4.43. The molecule has 0 saturated carbocycles. The van der Waals surface area contributed by atoms with Gasteiger partial charge in [0, 0.05) is 26.2 Å². The molecule has 2 aromatic rings. The van der Waals surface area contributed by atoms with Crippen LogP contribution in [0.15, 0.2) is 59.5 Å². The van der Waals surface area contributed by atoms with Crippen molar-refractivity contribution >= 4 is 15.9 Å². The van der Waals surface area contributed by atoms with E-state index in [0.717, 1.165) is 11.6 Å². The second-order valence-corrected chi connectivity index (χ2v) is 8.05. The van der Waals surface area contributed by atoms with Gasteiger partial charge in [0.2, 0.25) is 15.9 Å². The molecule has 1 aliphatic heterocycles. The van der Waals surface area contributed by atoms with Gasteiger partial charge in [0.15, 0.2) is 0 Å². The number of carbonyl (C=O) groups is 1. The van der Waals surface area contributed by atoms with Crippen molar-refractivity contribution in [2.45, 2.75) is 17.4 Å². The molecule has 1 aliphatic rings. The lowest BCUT2D eigenvalue weighted by Crippen LogP contribution is -2.54. The molecule has 0 bridgehead atoms. The Bertz CT molecular complexity index is 884. The molecule has 1 fully saturated rings. The number of nitrogens with zero attached hydrogens (tertiary/aromatic N) is 1. The van der Waals surface area contributed by atoms with Gasteiger partial charge >= 0.3 is 0 Å². The number of nitrogens with one attached hydrogen (secondary N) is 2. The lowest BCUT2D eigenvalue weighted by Gasteiger charge is -2.31. The van der Waals surface area contributed by atoms with Gasteiger partial charge in [-0.05, 0) is 24.1 Å². The maximum absolute atomic E-state index is 14.0. The zero-order chi connectivity index (χ0) is 19.3. The Balaban J connectivity index is 1.86. The van der Waals surface area contributed by atoms with Crippen molar-refractivity contribution in [2.24, 2.45) is 0 Å². The quantitative estimate of drug-likeness (QED) is 0.774. The minimum Gasteiger partial charge on any atom is -0.339 e. The van der Waals surface area contributed by atoms with Crippen LogP contribution < -0.4 is 10.0 Å². The average molecular weight is 391 g/mol. The van der Waals surface area contributed by atoms with E-state index in [-0.39, 0.29) is 12.3 Å². The molecule has 144 valence electrons. The molecule has 0 spiro atoms. The number of hydrogen-bond donors (Lipinski definition) is 2. The van der Waals surface area contributed by atoms with Crippen molar-refractivity contribution in [1.29, 1.82) is 0 Å². The Hall–Kier alpha value is -2.29. The first kappa shape index (κ1) is 19.5. The fraction of sp³-hybridized carbons (Fsp3) is 0.316. The molecule has 1 unspecified atom stereocenters. The first-order chi connectivity index (χ1) is 13.0. The van der Waals surface area contributed by atoms with Gasteiger partial charge in [-0.2, -0.15) is 4.72 Å². The molecule has 0 aliphatic carbocycles. The third-order valence-corrected chi connectivity index (χ3v) is 5.94. The van der Waals surface area contributed by atoms with E-state index in [1.165, 1.54) is 18.2 Å². The van der Waals surface area contributed by atoms with Gasteiger partial charge in [-0.25, -0.2) is 12.8 Å². The van der Waals surface area contributed by atoms with Gasteiger partial charge < -0.3 is 10.2 Å². The Labute approximate surface area is 158 Å². The van der Waals surface area contributed by atoms with Crippen LogP contribution in [0.5, 0.6) is 0 Å². The number of sulfonamides is 1. The minimum atomic E-state index is -4.18. The molecule has 3 rings (SSSR count). The number of carbonyl (C=O) groups excluding carboxylic acids is 1. The zero-order valence-electron chi connectivity index (χ0n) is 14.8. The number of benzene rings is 2. The van der Waals surface area contributed by atoms with E-state index in [9.17, 15) is 17.6 Å². The Morgan fingerprint density at radius 1 is 1.07 bits per heavy atom. The summed E-state index contributed by atoms with van der Waals surface area (Å²) in [6.07, 6.45) is 0.192. The van der Waals surface area contributed by atoms with Crippen LogP contribution >= 0.6 is 0 Å². The fourth-order valence-corrected chi connectivity index (χ4v) is 4.32. The van der Waals surface area contributed by atoms with Crippen molar-refractivity contribution in [2.75, 3.05) is 26.2 Å². The van der Waals surface area contributed by atoms with Gasteiger partial charge in [-0.15, -0.1) is 0 Å². The fourth-order valence-electron chi connectivity index (χ4n) is 3.05. The molecule has 2 aromatic carbocycles. The molecule has 6 nitrogen and oxygen atoms in total. The van der Waals surface area contributed by atoms with E-state index >= 15 is 0 Å². The first-order valence-corrected chi connectivity index (χ1v) is 10.3. The Morgan fingerprint density at radius 2 is 1.70 bits per heavy atom. The normalized spacial score (nSPS) is 16.1. The smallest absolute Gasteiger partial charge is 0.244 e. The molecule has 2 N–H and O–H groups in total. The summed E-state index contributed by atoms with van der Waals surface area (Å²) < 4.78 is 41.8. The number of rotatable bonds is 6. The van der Waals surface area contributed by atoms with Crippen molar-refractivity contribution in [3.05, 3.63) is 66.0 Å². The summed E-state index contributed by atoms with van der Waals surface area (Å²) in [5, 5.41) is 3.16. The summed E-state index contributed by atoms with van der Waals surface area (Å²) in [7, 11) is -4.18. The Morgan fingerprint density at radius 3 is 2.37 bits per heavy atom. The predicted octanol–water partition coefficient (Wildman–Crippen LogP) is 1.15. The van der Waals surface area contributed by atoms with Crippen LogP contribution in [0.1, 0.15) is 5.56 Å². The van der Waals surface area contributed by atoms with Gasteiger partial charge in [0.1, 0.15) is 16.8 Å². The number of hydrogen-bond acceptors (Lipinski definition) is 4. The van der Waals surface area contributed by atoms with Crippen LogP contribution in [-0.4, -0.2) is 51.4 Å². The summed E-state index contributed by atoms with van der Waals surface area (Å²) in [5.74, 6) is -1.15. The van der Waals surface area contributed by atoms with Crippen molar-refractivity contribution in [3.8, 4) is 0 Å². The van der Waals surface area contributed by atoms with Crippen LogP contribution in [0.4, 0.5) is 4.39 Å². The second-order valence-electron chi connectivity index (χ2n) is 6.37. The molecular formula is C19H22FN3O3S. The van der Waals surface area contributed by atoms with Crippen LogP contribution in [0.2, 0.25) is 0 Å². The highest BCUT2D eigenvalue weighted by Gasteiger charge is 2.31. The monoisotopic (exact) mass is 391 g/mol. The van der Waals surface area contributed by atoms with Crippen LogP contribution in [0.25, 0.3) is 0 Å². The Kier molecular flexibility index (Phi) is 6.20. The molecule has 0 radical (unpaired) electrons. The molecule has 8 heteroatoms. The molecule has 1 atom stereocenters. The van der Waals surface area contributed by atoms with Gasteiger partial charge in [0.25, 0.3) is 0 Å². The minimum absolute atomic E-state index is 0.192. The van der Waals surface area contributed by atoms with E-state index in [1.54, 1.807) is 4.90 Å². The largest absolute Gasteiger partial charge is 0.339 e. The van der Waals surface area contributed by atoms with E-state index < -0.39 is 26.8 Å². The predicted molar refractivity (Wildman–Crippen MR) is 100 cm³/mol. The van der Waals surface area contributed by atoms with Gasteiger partial charge in [0.05, 0.1) is 0 Å². The number of halogens is 1. The molecule has 1 heterocycles. The van der Waals surface area contributed by atoms with E-state index in [2.05, 4.69) is 10.0 Å². The van der Waals surface area contributed by atoms with Crippen LogP contribution in [-0.2, 0) is 21.2 Å². The maximum atomic E-state index is 14.0. The molecule has 1 amide bonds. The average Bonchev–Trinajstić information content (AvgIpc) is 2.68. The zero-order valence-corrected chi connectivity index (χ0v) is 15.6.